The quantitative estimate of drug-likeness (QED) is 0.744. The standard InChI is InChI=1S/C14H16N6S2/c1-8-5-20-6-9(3-4-10(20)17-8)18-12-11-13(16-7-15-12)19-14(21-2)22-11/h5,7,9H,3-4,6H2,1-2H3,(H,15,16,18)/t9-/m0/s1. The summed E-state index contributed by atoms with van der Waals surface area (Å²) in [6.45, 7) is 2.97. The summed E-state index contributed by atoms with van der Waals surface area (Å²) in [6.07, 6.45) is 7.80. The number of imidazole rings is 1. The van der Waals surface area contributed by atoms with Gasteiger partial charge in [0.05, 0.1) is 5.69 Å². The van der Waals surface area contributed by atoms with Gasteiger partial charge in [0.25, 0.3) is 0 Å². The molecule has 3 aromatic heterocycles. The van der Waals surface area contributed by atoms with Crippen LogP contribution in [0.3, 0.4) is 0 Å². The van der Waals surface area contributed by atoms with Crippen LogP contribution in [0.4, 0.5) is 5.82 Å². The summed E-state index contributed by atoms with van der Waals surface area (Å²) >= 11 is 3.29. The lowest BCUT2D eigenvalue weighted by atomic mass is 10.1. The number of fused-ring (bicyclic) bond motifs is 2. The fourth-order valence-electron chi connectivity index (χ4n) is 2.82. The van der Waals surface area contributed by atoms with E-state index >= 15 is 0 Å². The zero-order chi connectivity index (χ0) is 15.1. The van der Waals surface area contributed by atoms with Crippen molar-refractivity contribution >= 4 is 39.3 Å². The molecule has 0 bridgehead atoms. The maximum Gasteiger partial charge on any atom is 0.176 e. The van der Waals surface area contributed by atoms with E-state index < -0.39 is 0 Å². The molecule has 0 radical (unpaired) electrons. The molecule has 4 rings (SSSR count). The molecule has 0 fully saturated rings. The molecular weight excluding hydrogens is 316 g/mol. The van der Waals surface area contributed by atoms with Gasteiger partial charge in [0.2, 0.25) is 0 Å². The van der Waals surface area contributed by atoms with Gasteiger partial charge in [0, 0.05) is 25.2 Å². The molecule has 6 nitrogen and oxygen atoms in total. The van der Waals surface area contributed by atoms with Gasteiger partial charge in [0.15, 0.2) is 9.99 Å². The number of hydrogen-bond donors (Lipinski definition) is 1. The second kappa shape index (κ2) is 5.51. The van der Waals surface area contributed by atoms with Crippen LogP contribution in [0.5, 0.6) is 0 Å². The van der Waals surface area contributed by atoms with Crippen molar-refractivity contribution in [2.45, 2.75) is 36.7 Å². The summed E-state index contributed by atoms with van der Waals surface area (Å²) in [5.41, 5.74) is 1.87. The van der Waals surface area contributed by atoms with E-state index in [1.807, 2.05) is 13.2 Å². The van der Waals surface area contributed by atoms with Gasteiger partial charge in [-0.25, -0.2) is 19.9 Å². The van der Waals surface area contributed by atoms with E-state index in [9.17, 15) is 0 Å². The molecule has 1 aliphatic rings. The van der Waals surface area contributed by atoms with Gasteiger partial charge in [-0.3, -0.25) is 0 Å². The predicted molar refractivity (Wildman–Crippen MR) is 89.7 cm³/mol. The molecule has 1 N–H and O–H groups in total. The van der Waals surface area contributed by atoms with Gasteiger partial charge < -0.3 is 9.88 Å². The van der Waals surface area contributed by atoms with Crippen molar-refractivity contribution in [3.05, 3.63) is 24.0 Å². The van der Waals surface area contributed by atoms with Gasteiger partial charge in [0.1, 0.15) is 22.7 Å². The van der Waals surface area contributed by atoms with Crippen LogP contribution in [0.1, 0.15) is 17.9 Å². The first-order chi connectivity index (χ1) is 10.7. The second-order valence-corrected chi connectivity index (χ2v) is 7.44. The largest absolute Gasteiger partial charge is 0.364 e. The van der Waals surface area contributed by atoms with Crippen LogP contribution in [-0.2, 0) is 13.0 Å². The van der Waals surface area contributed by atoms with Crippen molar-refractivity contribution in [1.82, 2.24) is 24.5 Å². The summed E-state index contributed by atoms with van der Waals surface area (Å²) in [6, 6.07) is 0.360. The minimum absolute atomic E-state index is 0.360. The monoisotopic (exact) mass is 332 g/mol. The number of thiazole rings is 1. The van der Waals surface area contributed by atoms with Gasteiger partial charge in [-0.1, -0.05) is 11.8 Å². The Hall–Kier alpha value is -1.67. The summed E-state index contributed by atoms with van der Waals surface area (Å²) in [4.78, 5) is 17.7. The molecule has 22 heavy (non-hydrogen) atoms. The van der Waals surface area contributed by atoms with E-state index in [2.05, 4.69) is 36.0 Å². The number of aryl methyl sites for hydroxylation is 2. The molecule has 0 aromatic carbocycles. The molecule has 0 saturated carbocycles. The van der Waals surface area contributed by atoms with Crippen molar-refractivity contribution in [3.8, 4) is 0 Å². The van der Waals surface area contributed by atoms with Crippen molar-refractivity contribution in [3.63, 3.8) is 0 Å². The Labute approximate surface area is 136 Å². The van der Waals surface area contributed by atoms with Crippen LogP contribution in [-0.4, -0.2) is 36.8 Å². The molecule has 3 aromatic rings. The molecule has 1 aliphatic heterocycles. The van der Waals surface area contributed by atoms with Gasteiger partial charge in [-0.15, -0.1) is 11.3 Å². The predicted octanol–water partition coefficient (Wildman–Crippen LogP) is 2.74. The fraction of sp³-hybridized carbons (Fsp3) is 0.429. The zero-order valence-corrected chi connectivity index (χ0v) is 14.0. The highest BCUT2D eigenvalue weighted by molar-refractivity contribution is 8.00. The van der Waals surface area contributed by atoms with Crippen LogP contribution in [0.15, 0.2) is 16.9 Å². The summed E-state index contributed by atoms with van der Waals surface area (Å²) < 4.78 is 4.31. The Bertz CT molecular complexity index is 824. The number of aromatic nitrogens is 5. The Kier molecular flexibility index (Phi) is 3.50. The van der Waals surface area contributed by atoms with Gasteiger partial charge in [-0.2, -0.15) is 0 Å². The first kappa shape index (κ1) is 14.0. The summed E-state index contributed by atoms with van der Waals surface area (Å²) in [7, 11) is 0. The number of rotatable bonds is 3. The van der Waals surface area contributed by atoms with Crippen LogP contribution >= 0.6 is 23.1 Å². The lowest BCUT2D eigenvalue weighted by Gasteiger charge is -2.25. The van der Waals surface area contributed by atoms with Gasteiger partial charge in [-0.05, 0) is 19.6 Å². The second-order valence-electron chi connectivity index (χ2n) is 5.39. The maximum absolute atomic E-state index is 4.56. The fourth-order valence-corrected chi connectivity index (χ4v) is 4.29. The summed E-state index contributed by atoms with van der Waals surface area (Å²) in [5.74, 6) is 2.08. The van der Waals surface area contributed by atoms with Crippen LogP contribution in [0.2, 0.25) is 0 Å². The van der Waals surface area contributed by atoms with Crippen LogP contribution in [0.25, 0.3) is 10.3 Å². The minimum Gasteiger partial charge on any atom is -0.364 e. The van der Waals surface area contributed by atoms with Crippen LogP contribution in [0, 0.1) is 6.92 Å². The average molecular weight is 332 g/mol. The van der Waals surface area contributed by atoms with Gasteiger partial charge >= 0.3 is 0 Å². The number of thioether (sulfide) groups is 1. The van der Waals surface area contributed by atoms with E-state index in [1.54, 1.807) is 29.4 Å². The maximum atomic E-state index is 4.56. The van der Waals surface area contributed by atoms with E-state index in [1.165, 1.54) is 5.82 Å². The van der Waals surface area contributed by atoms with Crippen LogP contribution < -0.4 is 5.32 Å². The van der Waals surface area contributed by atoms with Crippen molar-refractivity contribution < 1.29 is 0 Å². The Morgan fingerprint density at radius 2 is 2.27 bits per heavy atom. The SMILES string of the molecule is CSc1nc2ncnc(N[C@H]3CCc4nc(C)cn4C3)c2s1. The Balaban J connectivity index is 1.60. The first-order valence-electron chi connectivity index (χ1n) is 7.17. The van der Waals surface area contributed by atoms with Crippen molar-refractivity contribution in [2.24, 2.45) is 0 Å². The first-order valence-corrected chi connectivity index (χ1v) is 9.22. The molecule has 8 heteroatoms. The highest BCUT2D eigenvalue weighted by Crippen LogP contribution is 2.31. The Morgan fingerprint density at radius 1 is 1.36 bits per heavy atom. The average Bonchev–Trinajstić information content (AvgIpc) is 3.09. The van der Waals surface area contributed by atoms with E-state index in [0.717, 1.165) is 45.6 Å². The Morgan fingerprint density at radius 3 is 3.14 bits per heavy atom. The molecule has 4 heterocycles. The number of hydrogen-bond acceptors (Lipinski definition) is 7. The van der Waals surface area contributed by atoms with E-state index in [-0.39, 0.29) is 0 Å². The third-order valence-corrected chi connectivity index (χ3v) is 5.84. The molecule has 0 aliphatic carbocycles. The number of nitrogens with one attached hydrogen (secondary N) is 1. The highest BCUT2D eigenvalue weighted by Gasteiger charge is 2.21. The number of nitrogens with zero attached hydrogens (tertiary/aromatic N) is 5. The molecule has 0 amide bonds. The third kappa shape index (κ3) is 2.46. The minimum atomic E-state index is 0.360. The highest BCUT2D eigenvalue weighted by atomic mass is 32.2. The lowest BCUT2D eigenvalue weighted by Crippen LogP contribution is -2.31. The number of anilines is 1. The molecular formula is C14H16N6S2. The lowest BCUT2D eigenvalue weighted by molar-refractivity contribution is 0.476. The molecule has 0 saturated heterocycles. The topological polar surface area (TPSA) is 68.5 Å². The van der Waals surface area contributed by atoms with Crippen molar-refractivity contribution in [2.75, 3.05) is 11.6 Å². The summed E-state index contributed by atoms with van der Waals surface area (Å²) in [5, 5.41) is 3.57. The smallest absolute Gasteiger partial charge is 0.176 e. The molecule has 0 unspecified atom stereocenters. The molecule has 114 valence electrons. The van der Waals surface area contributed by atoms with Crippen molar-refractivity contribution in [1.29, 1.82) is 0 Å². The molecule has 0 spiro atoms. The molecule has 1 atom stereocenters. The van der Waals surface area contributed by atoms with E-state index in [0.29, 0.717) is 6.04 Å². The third-order valence-electron chi connectivity index (χ3n) is 3.80. The van der Waals surface area contributed by atoms with E-state index in [4.69, 9.17) is 0 Å². The normalized spacial score (nSPS) is 17.6. The zero-order valence-electron chi connectivity index (χ0n) is 12.4.